The van der Waals surface area contributed by atoms with Crippen LogP contribution in [-0.2, 0) is 12.8 Å². The maximum Gasteiger partial charge on any atom is 0.266 e. The lowest BCUT2D eigenvalue weighted by Crippen LogP contribution is -2.38. The van der Waals surface area contributed by atoms with E-state index in [-0.39, 0.29) is 17.2 Å². The molecule has 2 aromatic heterocycles. The summed E-state index contributed by atoms with van der Waals surface area (Å²) < 4.78 is 0. The zero-order chi connectivity index (χ0) is 21.5. The molecule has 0 spiro atoms. The highest BCUT2D eigenvalue weighted by atomic mass is 32.1. The number of hydrogen-bond acceptors (Lipinski definition) is 4. The van der Waals surface area contributed by atoms with Crippen LogP contribution in [0.5, 0.6) is 0 Å². The summed E-state index contributed by atoms with van der Waals surface area (Å²) in [5.74, 6) is 1.27. The average Bonchev–Trinajstić information content (AvgIpc) is 3.34. The van der Waals surface area contributed by atoms with E-state index in [1.807, 2.05) is 22.4 Å². The molecule has 30 heavy (non-hydrogen) atoms. The van der Waals surface area contributed by atoms with Crippen LogP contribution < -0.4 is 5.32 Å². The molecule has 1 aliphatic heterocycles. The molecule has 3 heterocycles. The van der Waals surface area contributed by atoms with E-state index in [1.54, 1.807) is 11.3 Å². The second kappa shape index (κ2) is 8.46. The zero-order valence-electron chi connectivity index (χ0n) is 18.4. The van der Waals surface area contributed by atoms with E-state index in [0.29, 0.717) is 16.7 Å². The highest BCUT2D eigenvalue weighted by molar-refractivity contribution is 7.17. The Morgan fingerprint density at radius 2 is 1.90 bits per heavy atom. The minimum atomic E-state index is -0.114. The van der Waals surface area contributed by atoms with Gasteiger partial charge in [0, 0.05) is 18.0 Å². The Morgan fingerprint density at radius 3 is 2.53 bits per heavy atom. The molecule has 4 rings (SSSR count). The summed E-state index contributed by atoms with van der Waals surface area (Å²) in [6.45, 7) is 10.8. The molecule has 1 saturated heterocycles. The van der Waals surface area contributed by atoms with Crippen molar-refractivity contribution in [2.24, 2.45) is 17.3 Å². The van der Waals surface area contributed by atoms with E-state index in [1.165, 1.54) is 21.8 Å². The molecule has 1 fully saturated rings. The first kappa shape index (κ1) is 21.6. The normalized spacial score (nSPS) is 20.1. The third-order valence-electron chi connectivity index (χ3n) is 6.75. The first-order valence-electron chi connectivity index (χ1n) is 11.0. The Bertz CT molecular complexity index is 916. The summed E-state index contributed by atoms with van der Waals surface area (Å²) in [4.78, 5) is 30.3. The second-order valence-corrected chi connectivity index (χ2v) is 12.0. The van der Waals surface area contributed by atoms with Gasteiger partial charge in [0.05, 0.1) is 10.4 Å². The Morgan fingerprint density at radius 1 is 1.17 bits per heavy atom. The lowest BCUT2D eigenvalue weighted by Gasteiger charge is -2.34. The summed E-state index contributed by atoms with van der Waals surface area (Å²) in [7, 11) is 0. The molecule has 6 heteroatoms. The van der Waals surface area contributed by atoms with Crippen LogP contribution in [0.25, 0.3) is 0 Å². The van der Waals surface area contributed by atoms with E-state index in [0.717, 1.165) is 55.8 Å². The monoisotopic (exact) mass is 444 g/mol. The molecular formula is C24H32N2O2S2. The van der Waals surface area contributed by atoms with Crippen molar-refractivity contribution in [2.75, 3.05) is 18.4 Å². The zero-order valence-corrected chi connectivity index (χ0v) is 20.0. The highest BCUT2D eigenvalue weighted by Gasteiger charge is 2.35. The number of hydrogen-bond donors (Lipinski definition) is 1. The molecule has 1 aliphatic carbocycles. The maximum absolute atomic E-state index is 13.6. The van der Waals surface area contributed by atoms with E-state index in [2.05, 4.69) is 33.0 Å². The van der Waals surface area contributed by atoms with Gasteiger partial charge >= 0.3 is 0 Å². The number of carbonyl (C=O) groups is 2. The van der Waals surface area contributed by atoms with Gasteiger partial charge < -0.3 is 10.2 Å². The van der Waals surface area contributed by atoms with Crippen molar-refractivity contribution in [3.05, 3.63) is 38.4 Å². The SMILES string of the molecule is CC1CCN(C(=O)c2c(NC(=O)c3cccs3)sc3c2CCC(C(C)(C)C)C3)CC1. The van der Waals surface area contributed by atoms with Crippen LogP contribution in [-0.4, -0.2) is 29.8 Å². The number of nitrogens with one attached hydrogen (secondary N) is 1. The molecule has 0 saturated carbocycles. The standard InChI is InChI=1S/C24H32N2O2S2/c1-15-9-11-26(12-10-15)23(28)20-17-8-7-16(24(2,3)4)14-19(17)30-22(20)25-21(27)18-6-5-13-29-18/h5-6,13,15-16H,7-12,14H2,1-4H3,(H,25,27). The first-order valence-corrected chi connectivity index (χ1v) is 12.7. The number of fused-ring (bicyclic) bond motifs is 1. The van der Waals surface area contributed by atoms with Gasteiger partial charge in [0.25, 0.3) is 11.8 Å². The predicted octanol–water partition coefficient (Wildman–Crippen LogP) is 6.09. The smallest absolute Gasteiger partial charge is 0.266 e. The van der Waals surface area contributed by atoms with Crippen LogP contribution in [0.4, 0.5) is 5.00 Å². The van der Waals surface area contributed by atoms with Crippen LogP contribution in [0, 0.1) is 17.3 Å². The molecule has 2 aliphatic rings. The van der Waals surface area contributed by atoms with Gasteiger partial charge in [0.2, 0.25) is 0 Å². The molecule has 0 radical (unpaired) electrons. The predicted molar refractivity (Wildman–Crippen MR) is 126 cm³/mol. The van der Waals surface area contributed by atoms with E-state index < -0.39 is 0 Å². The summed E-state index contributed by atoms with van der Waals surface area (Å²) in [6.07, 6.45) is 5.13. The third-order valence-corrected chi connectivity index (χ3v) is 8.79. The number of rotatable bonds is 3. The molecule has 2 amide bonds. The molecule has 1 N–H and O–H groups in total. The lowest BCUT2D eigenvalue weighted by molar-refractivity contribution is 0.0697. The van der Waals surface area contributed by atoms with E-state index in [9.17, 15) is 9.59 Å². The Hall–Kier alpha value is -1.66. The summed E-state index contributed by atoms with van der Waals surface area (Å²) in [5, 5.41) is 5.75. The van der Waals surface area contributed by atoms with Gasteiger partial charge in [-0.15, -0.1) is 22.7 Å². The third kappa shape index (κ3) is 4.35. The molecule has 0 aromatic carbocycles. The summed E-state index contributed by atoms with van der Waals surface area (Å²) in [5.41, 5.74) is 2.20. The molecule has 0 bridgehead atoms. The number of nitrogens with zero attached hydrogens (tertiary/aromatic N) is 1. The molecule has 4 nitrogen and oxygen atoms in total. The van der Waals surface area contributed by atoms with Crippen molar-refractivity contribution in [1.29, 1.82) is 0 Å². The van der Waals surface area contributed by atoms with Crippen LogP contribution in [0.2, 0.25) is 0 Å². The quantitative estimate of drug-likeness (QED) is 0.623. The van der Waals surface area contributed by atoms with Crippen molar-refractivity contribution < 1.29 is 9.59 Å². The van der Waals surface area contributed by atoms with Gasteiger partial charge in [0.1, 0.15) is 5.00 Å². The topological polar surface area (TPSA) is 49.4 Å². The van der Waals surface area contributed by atoms with Gasteiger partial charge in [-0.25, -0.2) is 0 Å². The fraction of sp³-hybridized carbons (Fsp3) is 0.583. The fourth-order valence-corrected chi connectivity index (χ4v) is 6.52. The van der Waals surface area contributed by atoms with Crippen LogP contribution >= 0.6 is 22.7 Å². The summed E-state index contributed by atoms with van der Waals surface area (Å²) >= 11 is 3.05. The molecule has 162 valence electrons. The van der Waals surface area contributed by atoms with Crippen molar-refractivity contribution in [1.82, 2.24) is 4.90 Å². The second-order valence-electron chi connectivity index (χ2n) is 9.92. The van der Waals surface area contributed by atoms with Gasteiger partial charge in [-0.05, 0) is 66.4 Å². The van der Waals surface area contributed by atoms with Gasteiger partial charge in [-0.3, -0.25) is 9.59 Å². The minimum absolute atomic E-state index is 0.107. The number of carbonyl (C=O) groups excluding carboxylic acids is 2. The maximum atomic E-state index is 13.6. The number of anilines is 1. The van der Waals surface area contributed by atoms with Crippen LogP contribution in [0.1, 0.15) is 77.4 Å². The van der Waals surface area contributed by atoms with Gasteiger partial charge in [0.15, 0.2) is 0 Å². The molecule has 1 atom stereocenters. The Kier molecular flexibility index (Phi) is 6.08. The van der Waals surface area contributed by atoms with E-state index in [4.69, 9.17) is 0 Å². The van der Waals surface area contributed by atoms with Crippen molar-refractivity contribution in [3.8, 4) is 0 Å². The Balaban J connectivity index is 1.66. The number of amides is 2. The van der Waals surface area contributed by atoms with Crippen molar-refractivity contribution >= 4 is 39.5 Å². The molecule has 2 aromatic rings. The highest BCUT2D eigenvalue weighted by Crippen LogP contribution is 2.45. The lowest BCUT2D eigenvalue weighted by atomic mass is 9.72. The fourth-order valence-electron chi connectivity index (χ4n) is 4.58. The van der Waals surface area contributed by atoms with Gasteiger partial charge in [-0.2, -0.15) is 0 Å². The summed E-state index contributed by atoms with van der Waals surface area (Å²) in [6, 6.07) is 3.71. The average molecular weight is 445 g/mol. The van der Waals surface area contributed by atoms with Crippen LogP contribution in [0.15, 0.2) is 17.5 Å². The van der Waals surface area contributed by atoms with Crippen molar-refractivity contribution in [2.45, 2.75) is 59.8 Å². The number of likely N-dealkylation sites (tertiary alicyclic amines) is 1. The largest absolute Gasteiger partial charge is 0.339 e. The Labute approximate surface area is 187 Å². The minimum Gasteiger partial charge on any atom is -0.339 e. The number of piperidine rings is 1. The van der Waals surface area contributed by atoms with E-state index >= 15 is 0 Å². The first-order chi connectivity index (χ1) is 14.2. The molecule has 1 unspecified atom stereocenters. The van der Waals surface area contributed by atoms with Crippen molar-refractivity contribution in [3.63, 3.8) is 0 Å². The van der Waals surface area contributed by atoms with Gasteiger partial charge in [-0.1, -0.05) is 33.8 Å². The number of thiophene rings is 2. The van der Waals surface area contributed by atoms with Crippen LogP contribution in [0.3, 0.4) is 0 Å². The molecular weight excluding hydrogens is 412 g/mol.